The molecular weight excluding hydrogens is 256 g/mol. The molecule has 106 valence electrons. The first-order chi connectivity index (χ1) is 9.79. The number of hydrogen-bond acceptors (Lipinski definition) is 4. The third-order valence-corrected chi connectivity index (χ3v) is 3.74. The number of nitrogens with zero attached hydrogens (tertiary/aromatic N) is 2. The molecule has 5 heteroatoms. The molecule has 0 N–H and O–H groups in total. The van der Waals surface area contributed by atoms with E-state index in [2.05, 4.69) is 4.98 Å². The molecule has 2 aromatic rings. The zero-order chi connectivity index (χ0) is 13.9. The summed E-state index contributed by atoms with van der Waals surface area (Å²) in [5.41, 5.74) is 1.32. The Labute approximate surface area is 117 Å². The third-order valence-electron chi connectivity index (χ3n) is 3.74. The van der Waals surface area contributed by atoms with Gasteiger partial charge < -0.3 is 13.9 Å². The van der Waals surface area contributed by atoms with Crippen molar-refractivity contribution in [2.45, 2.75) is 31.8 Å². The van der Waals surface area contributed by atoms with E-state index in [1.54, 1.807) is 12.3 Å². The zero-order valence-electron chi connectivity index (χ0n) is 11.5. The molecule has 0 radical (unpaired) electrons. The molecule has 1 atom stereocenters. The highest BCUT2D eigenvalue weighted by molar-refractivity contribution is 5.96. The van der Waals surface area contributed by atoms with Gasteiger partial charge >= 0.3 is 5.97 Å². The molecule has 0 bridgehead atoms. The van der Waals surface area contributed by atoms with Crippen LogP contribution in [-0.2, 0) is 15.9 Å². The summed E-state index contributed by atoms with van der Waals surface area (Å²) in [5.74, 6) is 0.591. The van der Waals surface area contributed by atoms with Crippen LogP contribution in [-0.4, -0.2) is 35.2 Å². The zero-order valence-corrected chi connectivity index (χ0v) is 11.5. The topological polar surface area (TPSA) is 52.8 Å². The lowest BCUT2D eigenvalue weighted by molar-refractivity contribution is 0.0156. The lowest BCUT2D eigenvalue weighted by Gasteiger charge is -2.21. The average molecular weight is 274 g/mol. The van der Waals surface area contributed by atoms with E-state index < -0.39 is 0 Å². The van der Waals surface area contributed by atoms with Crippen LogP contribution in [0, 0.1) is 0 Å². The lowest BCUT2D eigenvalue weighted by atomic mass is 10.1. The Morgan fingerprint density at radius 2 is 2.45 bits per heavy atom. The van der Waals surface area contributed by atoms with E-state index >= 15 is 0 Å². The van der Waals surface area contributed by atoms with Crippen molar-refractivity contribution < 1.29 is 14.3 Å². The van der Waals surface area contributed by atoms with Crippen LogP contribution in [0.3, 0.4) is 0 Å². The van der Waals surface area contributed by atoms with E-state index in [-0.39, 0.29) is 12.1 Å². The molecule has 1 fully saturated rings. The van der Waals surface area contributed by atoms with Crippen LogP contribution in [0.4, 0.5) is 0 Å². The van der Waals surface area contributed by atoms with Crippen LogP contribution in [0.15, 0.2) is 24.5 Å². The first-order valence-electron chi connectivity index (χ1n) is 6.94. The second-order valence-corrected chi connectivity index (χ2v) is 5.04. The minimum atomic E-state index is -0.337. The molecule has 0 saturated carbocycles. The smallest absolute Gasteiger partial charge is 0.340 e. The van der Waals surface area contributed by atoms with Gasteiger partial charge in [-0.15, -0.1) is 0 Å². The number of aromatic nitrogens is 2. The summed E-state index contributed by atoms with van der Waals surface area (Å²) in [5, 5.41) is 0. The molecule has 0 spiro atoms. The van der Waals surface area contributed by atoms with Gasteiger partial charge in [-0.25, -0.2) is 9.78 Å². The van der Waals surface area contributed by atoms with E-state index in [4.69, 9.17) is 9.47 Å². The number of hydrogen-bond donors (Lipinski definition) is 0. The molecule has 5 nitrogen and oxygen atoms in total. The van der Waals surface area contributed by atoms with Gasteiger partial charge in [0, 0.05) is 19.2 Å². The summed E-state index contributed by atoms with van der Waals surface area (Å²) in [7, 11) is 1.39. The minimum absolute atomic E-state index is 0.233. The van der Waals surface area contributed by atoms with Gasteiger partial charge in [0.1, 0.15) is 5.82 Å². The number of pyridine rings is 1. The van der Waals surface area contributed by atoms with E-state index in [0.717, 1.165) is 37.2 Å². The standard InChI is InChI=1S/C15H18N2O3/c1-19-15(18)12-6-4-7-17-13(12)10-16-14(17)9-11-5-2-3-8-20-11/h4,6-7,10-11H,2-3,5,8-9H2,1H3. The van der Waals surface area contributed by atoms with E-state index in [1.165, 1.54) is 13.5 Å². The van der Waals surface area contributed by atoms with Crippen LogP contribution in [0.25, 0.3) is 5.52 Å². The van der Waals surface area contributed by atoms with Crippen LogP contribution < -0.4 is 0 Å². The van der Waals surface area contributed by atoms with Crippen molar-refractivity contribution in [2.75, 3.05) is 13.7 Å². The number of esters is 1. The first kappa shape index (κ1) is 13.1. The first-order valence-corrected chi connectivity index (χ1v) is 6.94. The van der Waals surface area contributed by atoms with Crippen molar-refractivity contribution in [3.05, 3.63) is 35.9 Å². The number of ether oxygens (including phenoxy) is 2. The van der Waals surface area contributed by atoms with E-state index in [0.29, 0.717) is 5.56 Å². The highest BCUT2D eigenvalue weighted by Gasteiger charge is 2.18. The van der Waals surface area contributed by atoms with Gasteiger partial charge in [-0.1, -0.05) is 0 Å². The predicted octanol–water partition coefficient (Wildman–Crippen LogP) is 2.23. The fourth-order valence-corrected chi connectivity index (χ4v) is 2.68. The molecule has 2 aromatic heterocycles. The molecule has 1 unspecified atom stereocenters. The monoisotopic (exact) mass is 274 g/mol. The van der Waals surface area contributed by atoms with Crippen molar-refractivity contribution in [1.82, 2.24) is 9.38 Å². The Balaban J connectivity index is 1.91. The summed E-state index contributed by atoms with van der Waals surface area (Å²) in [6.45, 7) is 0.835. The van der Waals surface area contributed by atoms with Gasteiger partial charge in [0.2, 0.25) is 0 Å². The van der Waals surface area contributed by atoms with Gasteiger partial charge in [0.05, 0.1) is 30.5 Å². The molecular formula is C15H18N2O3. The molecule has 3 rings (SSSR count). The van der Waals surface area contributed by atoms with Crippen LogP contribution in [0.1, 0.15) is 35.4 Å². The van der Waals surface area contributed by atoms with Crippen molar-refractivity contribution in [3.8, 4) is 0 Å². The summed E-state index contributed by atoms with van der Waals surface area (Å²) in [6, 6.07) is 3.59. The highest BCUT2D eigenvalue weighted by Crippen LogP contribution is 2.19. The van der Waals surface area contributed by atoms with Crippen molar-refractivity contribution in [1.29, 1.82) is 0 Å². The number of rotatable bonds is 3. The summed E-state index contributed by atoms with van der Waals surface area (Å²) in [4.78, 5) is 16.2. The quantitative estimate of drug-likeness (QED) is 0.805. The maximum Gasteiger partial charge on any atom is 0.340 e. The molecule has 1 aliphatic rings. The van der Waals surface area contributed by atoms with Gasteiger partial charge in [0.25, 0.3) is 0 Å². The predicted molar refractivity (Wildman–Crippen MR) is 73.8 cm³/mol. The molecule has 20 heavy (non-hydrogen) atoms. The molecule has 0 aromatic carbocycles. The Kier molecular flexibility index (Phi) is 3.69. The van der Waals surface area contributed by atoms with Crippen LogP contribution >= 0.6 is 0 Å². The summed E-state index contributed by atoms with van der Waals surface area (Å²) in [6.07, 6.45) is 8.09. The Morgan fingerprint density at radius 1 is 1.55 bits per heavy atom. The Morgan fingerprint density at radius 3 is 3.20 bits per heavy atom. The SMILES string of the molecule is COC(=O)c1cccn2c(CC3CCCCO3)ncc12. The maximum atomic E-state index is 11.7. The van der Waals surface area contributed by atoms with E-state index in [9.17, 15) is 4.79 Å². The summed E-state index contributed by atoms with van der Waals surface area (Å²) >= 11 is 0. The van der Waals surface area contributed by atoms with Crippen LogP contribution in [0.5, 0.6) is 0 Å². The largest absolute Gasteiger partial charge is 0.465 e. The van der Waals surface area contributed by atoms with Crippen molar-refractivity contribution in [3.63, 3.8) is 0 Å². The number of fused-ring (bicyclic) bond motifs is 1. The Hall–Kier alpha value is -1.88. The average Bonchev–Trinajstić information content (AvgIpc) is 2.91. The fourth-order valence-electron chi connectivity index (χ4n) is 2.68. The normalized spacial score (nSPS) is 19.1. The summed E-state index contributed by atoms with van der Waals surface area (Å²) < 4.78 is 12.5. The van der Waals surface area contributed by atoms with Crippen molar-refractivity contribution in [2.24, 2.45) is 0 Å². The number of imidazole rings is 1. The second kappa shape index (κ2) is 5.63. The number of carbonyl (C=O) groups is 1. The van der Waals surface area contributed by atoms with Gasteiger partial charge in [-0.05, 0) is 31.4 Å². The lowest BCUT2D eigenvalue weighted by Crippen LogP contribution is -2.22. The van der Waals surface area contributed by atoms with Gasteiger partial charge in [-0.3, -0.25) is 0 Å². The van der Waals surface area contributed by atoms with E-state index in [1.807, 2.05) is 16.7 Å². The molecule has 1 aliphatic heterocycles. The number of carbonyl (C=O) groups excluding carboxylic acids is 1. The van der Waals surface area contributed by atoms with Crippen LogP contribution in [0.2, 0.25) is 0 Å². The molecule has 0 aliphatic carbocycles. The minimum Gasteiger partial charge on any atom is -0.465 e. The maximum absolute atomic E-state index is 11.7. The fraction of sp³-hybridized carbons (Fsp3) is 0.467. The second-order valence-electron chi connectivity index (χ2n) is 5.04. The van der Waals surface area contributed by atoms with Gasteiger partial charge in [-0.2, -0.15) is 0 Å². The van der Waals surface area contributed by atoms with Crippen molar-refractivity contribution >= 4 is 11.5 Å². The molecule has 3 heterocycles. The number of methoxy groups -OCH3 is 1. The third kappa shape index (κ3) is 2.41. The molecule has 1 saturated heterocycles. The molecule has 0 amide bonds. The highest BCUT2D eigenvalue weighted by atomic mass is 16.5. The van der Waals surface area contributed by atoms with Gasteiger partial charge in [0.15, 0.2) is 0 Å². The Bertz CT molecular complexity index is 615.